The van der Waals surface area contributed by atoms with Crippen LogP contribution < -0.4 is 5.32 Å². The molecule has 0 aromatic heterocycles. The summed E-state index contributed by atoms with van der Waals surface area (Å²) in [4.78, 5) is 0. The maximum absolute atomic E-state index is 12.7. The van der Waals surface area contributed by atoms with Crippen molar-refractivity contribution in [3.8, 4) is 0 Å². The minimum absolute atomic E-state index is 0.0275. The third-order valence-corrected chi connectivity index (χ3v) is 4.03. The molecule has 122 valence electrons. The number of hydrogen-bond donors (Lipinski definition) is 1. The quantitative estimate of drug-likeness (QED) is 0.852. The van der Waals surface area contributed by atoms with E-state index in [0.29, 0.717) is 5.69 Å². The summed E-state index contributed by atoms with van der Waals surface area (Å²) >= 11 is 0. The van der Waals surface area contributed by atoms with Gasteiger partial charge in [-0.2, -0.15) is 13.2 Å². The van der Waals surface area contributed by atoms with Crippen molar-refractivity contribution in [3.63, 3.8) is 0 Å². The molecule has 2 nitrogen and oxygen atoms in total. The Morgan fingerprint density at radius 2 is 1.70 bits per heavy atom. The Balaban J connectivity index is 1.81. The van der Waals surface area contributed by atoms with Crippen LogP contribution in [0.2, 0.25) is 0 Å². The van der Waals surface area contributed by atoms with Crippen molar-refractivity contribution >= 4 is 5.69 Å². The smallest absolute Gasteiger partial charge is 0.376 e. The lowest BCUT2D eigenvalue weighted by Crippen LogP contribution is -2.25. The molecule has 1 saturated heterocycles. The highest BCUT2D eigenvalue weighted by molar-refractivity contribution is 5.47. The van der Waals surface area contributed by atoms with Crippen LogP contribution in [0.1, 0.15) is 30.0 Å². The number of halogens is 3. The van der Waals surface area contributed by atoms with Crippen molar-refractivity contribution in [2.24, 2.45) is 0 Å². The number of ether oxygens (including phenoxy) is 1. The zero-order valence-electron chi connectivity index (χ0n) is 12.5. The average molecular weight is 321 g/mol. The Hall–Kier alpha value is -2.01. The number of anilines is 1. The van der Waals surface area contributed by atoms with Gasteiger partial charge in [-0.05, 0) is 42.7 Å². The van der Waals surface area contributed by atoms with E-state index in [0.717, 1.165) is 37.1 Å². The largest absolute Gasteiger partial charge is 0.416 e. The normalized spacial score (nSPS) is 19.5. The minimum atomic E-state index is -4.31. The van der Waals surface area contributed by atoms with Crippen LogP contribution in [0.25, 0.3) is 0 Å². The molecule has 0 aliphatic carbocycles. The van der Waals surface area contributed by atoms with Gasteiger partial charge in [0, 0.05) is 12.3 Å². The van der Waals surface area contributed by atoms with Crippen LogP contribution in [0.4, 0.5) is 18.9 Å². The van der Waals surface area contributed by atoms with Gasteiger partial charge >= 0.3 is 6.18 Å². The van der Waals surface area contributed by atoms with Gasteiger partial charge in [0.05, 0.1) is 17.7 Å². The van der Waals surface area contributed by atoms with Crippen LogP contribution in [0.15, 0.2) is 54.6 Å². The van der Waals surface area contributed by atoms with Crippen molar-refractivity contribution in [1.29, 1.82) is 0 Å². The van der Waals surface area contributed by atoms with Crippen molar-refractivity contribution in [1.82, 2.24) is 0 Å². The van der Waals surface area contributed by atoms with Gasteiger partial charge in [-0.1, -0.05) is 30.3 Å². The minimum Gasteiger partial charge on any atom is -0.376 e. The zero-order chi connectivity index (χ0) is 16.3. The summed E-state index contributed by atoms with van der Waals surface area (Å²) < 4.78 is 43.7. The van der Waals surface area contributed by atoms with Crippen LogP contribution in [0.5, 0.6) is 0 Å². The molecule has 2 aromatic rings. The van der Waals surface area contributed by atoms with E-state index in [1.165, 1.54) is 12.1 Å². The molecule has 2 aromatic carbocycles. The summed E-state index contributed by atoms with van der Waals surface area (Å²) in [7, 11) is 0. The van der Waals surface area contributed by atoms with E-state index in [2.05, 4.69) is 5.32 Å². The summed E-state index contributed by atoms with van der Waals surface area (Å²) in [6.45, 7) is 0.725. The standard InChI is InChI=1S/C18H18F3NO/c19-18(20,21)14-8-10-15(11-9-14)22-17(16-7-4-12-23-16)13-5-2-1-3-6-13/h1-3,5-6,8-11,16-17,22H,4,7,12H2. The molecule has 23 heavy (non-hydrogen) atoms. The van der Waals surface area contributed by atoms with Crippen molar-refractivity contribution < 1.29 is 17.9 Å². The van der Waals surface area contributed by atoms with Gasteiger partial charge in [0.2, 0.25) is 0 Å². The first-order valence-corrected chi connectivity index (χ1v) is 7.64. The van der Waals surface area contributed by atoms with Gasteiger partial charge < -0.3 is 10.1 Å². The number of alkyl halides is 3. The van der Waals surface area contributed by atoms with Crippen LogP contribution in [0, 0.1) is 0 Å². The molecule has 1 N–H and O–H groups in total. The van der Waals surface area contributed by atoms with Crippen molar-refractivity contribution in [2.75, 3.05) is 11.9 Å². The second-order valence-electron chi connectivity index (χ2n) is 5.66. The zero-order valence-corrected chi connectivity index (χ0v) is 12.5. The fourth-order valence-corrected chi connectivity index (χ4v) is 2.85. The van der Waals surface area contributed by atoms with Crippen LogP contribution in [-0.2, 0) is 10.9 Å². The van der Waals surface area contributed by atoms with Crippen molar-refractivity contribution in [3.05, 3.63) is 65.7 Å². The fraction of sp³-hybridized carbons (Fsp3) is 0.333. The summed E-state index contributed by atoms with van der Waals surface area (Å²) in [6.07, 6.45) is -2.35. The summed E-state index contributed by atoms with van der Waals surface area (Å²) in [5, 5.41) is 3.32. The molecular weight excluding hydrogens is 303 g/mol. The lowest BCUT2D eigenvalue weighted by Gasteiger charge is -2.26. The van der Waals surface area contributed by atoms with Gasteiger partial charge in [-0.3, -0.25) is 0 Å². The van der Waals surface area contributed by atoms with Crippen LogP contribution in [0.3, 0.4) is 0 Å². The van der Waals surface area contributed by atoms with E-state index >= 15 is 0 Å². The third-order valence-electron chi connectivity index (χ3n) is 4.03. The van der Waals surface area contributed by atoms with E-state index in [1.807, 2.05) is 30.3 Å². The van der Waals surface area contributed by atoms with E-state index in [4.69, 9.17) is 4.74 Å². The van der Waals surface area contributed by atoms with Gasteiger partial charge in [0.1, 0.15) is 0 Å². The molecule has 0 saturated carbocycles. The molecule has 1 aliphatic rings. The van der Waals surface area contributed by atoms with Gasteiger partial charge in [0.15, 0.2) is 0 Å². The summed E-state index contributed by atoms with van der Waals surface area (Å²) in [5.41, 5.74) is 1.08. The number of hydrogen-bond acceptors (Lipinski definition) is 2. The molecule has 3 rings (SSSR count). The Labute approximate surface area is 133 Å². The molecule has 1 aliphatic heterocycles. The van der Waals surface area contributed by atoms with Crippen molar-refractivity contribution in [2.45, 2.75) is 31.2 Å². The predicted molar refractivity (Wildman–Crippen MR) is 83.2 cm³/mol. The van der Waals surface area contributed by atoms with Gasteiger partial charge in [-0.25, -0.2) is 0 Å². The lowest BCUT2D eigenvalue weighted by molar-refractivity contribution is -0.137. The molecule has 0 bridgehead atoms. The SMILES string of the molecule is FC(F)(F)c1ccc(NC(c2ccccc2)C2CCCO2)cc1. The van der Waals surface area contributed by atoms with E-state index < -0.39 is 11.7 Å². The topological polar surface area (TPSA) is 21.3 Å². The summed E-state index contributed by atoms with van der Waals surface area (Å²) in [5.74, 6) is 0. The second kappa shape index (κ2) is 6.62. The monoisotopic (exact) mass is 321 g/mol. The molecule has 0 amide bonds. The average Bonchev–Trinajstić information content (AvgIpc) is 3.07. The first-order valence-electron chi connectivity index (χ1n) is 7.64. The third kappa shape index (κ3) is 3.85. The summed E-state index contributed by atoms with van der Waals surface area (Å²) in [6, 6.07) is 14.9. The fourth-order valence-electron chi connectivity index (χ4n) is 2.85. The Kier molecular flexibility index (Phi) is 4.57. The number of benzene rings is 2. The molecule has 5 heteroatoms. The first kappa shape index (κ1) is 15.9. The van der Waals surface area contributed by atoms with Crippen LogP contribution in [-0.4, -0.2) is 12.7 Å². The molecule has 2 unspecified atom stereocenters. The van der Waals surface area contributed by atoms with Crippen LogP contribution >= 0.6 is 0 Å². The number of rotatable bonds is 4. The molecule has 2 atom stereocenters. The highest BCUT2D eigenvalue weighted by Gasteiger charge is 2.31. The highest BCUT2D eigenvalue weighted by Crippen LogP contribution is 2.33. The molecule has 1 fully saturated rings. The Morgan fingerprint density at radius 1 is 1.00 bits per heavy atom. The van der Waals surface area contributed by atoms with E-state index in [1.54, 1.807) is 0 Å². The molecule has 0 radical (unpaired) electrons. The Bertz CT molecular complexity index is 619. The second-order valence-corrected chi connectivity index (χ2v) is 5.66. The maximum atomic E-state index is 12.7. The van der Waals surface area contributed by atoms with Gasteiger partial charge in [0.25, 0.3) is 0 Å². The maximum Gasteiger partial charge on any atom is 0.416 e. The van der Waals surface area contributed by atoms with E-state index in [-0.39, 0.29) is 12.1 Å². The van der Waals surface area contributed by atoms with Gasteiger partial charge in [-0.15, -0.1) is 0 Å². The molecular formula is C18H18F3NO. The highest BCUT2D eigenvalue weighted by atomic mass is 19.4. The first-order chi connectivity index (χ1) is 11.0. The lowest BCUT2D eigenvalue weighted by atomic mass is 9.99. The number of nitrogens with one attached hydrogen (secondary N) is 1. The molecule has 0 spiro atoms. The Morgan fingerprint density at radius 3 is 2.26 bits per heavy atom. The predicted octanol–water partition coefficient (Wildman–Crippen LogP) is 5.04. The molecule has 1 heterocycles. The van der Waals surface area contributed by atoms with E-state index in [9.17, 15) is 13.2 Å².